The van der Waals surface area contributed by atoms with Gasteiger partial charge in [0.2, 0.25) is 5.91 Å². The second-order valence-corrected chi connectivity index (χ2v) is 2.18. The highest BCUT2D eigenvalue weighted by atomic mass is 16.7. The molecule has 0 heterocycles. The van der Waals surface area contributed by atoms with E-state index < -0.39 is 6.29 Å². The van der Waals surface area contributed by atoms with E-state index in [2.05, 4.69) is 5.32 Å². The number of carbonyl (C=O) groups is 1. The van der Waals surface area contributed by atoms with Gasteiger partial charge in [-0.3, -0.25) is 4.79 Å². The third kappa shape index (κ3) is 5.06. The van der Waals surface area contributed by atoms with E-state index in [-0.39, 0.29) is 25.5 Å². The highest BCUT2D eigenvalue weighted by Gasteiger charge is 2.10. The number of nitrogens with one attached hydrogen (secondary N) is 1. The molecule has 0 fully saturated rings. The number of hydrogen-bond acceptors (Lipinski definition) is 4. The summed E-state index contributed by atoms with van der Waals surface area (Å²) in [7, 11) is 2.93. The van der Waals surface area contributed by atoms with Crippen LogP contribution in [0.3, 0.4) is 0 Å². The summed E-state index contributed by atoms with van der Waals surface area (Å²) in [5.74, 6) is -0.197. The molecule has 0 saturated heterocycles. The fourth-order valence-electron chi connectivity index (χ4n) is 0.682. The molecule has 5 heteroatoms. The van der Waals surface area contributed by atoms with E-state index in [1.807, 2.05) is 0 Å². The van der Waals surface area contributed by atoms with Gasteiger partial charge in [0.15, 0.2) is 6.29 Å². The second-order valence-electron chi connectivity index (χ2n) is 2.18. The van der Waals surface area contributed by atoms with Crippen LogP contribution in [0.15, 0.2) is 0 Å². The third-order valence-corrected chi connectivity index (χ3v) is 1.31. The Morgan fingerprint density at radius 2 is 2.08 bits per heavy atom. The van der Waals surface area contributed by atoms with Gasteiger partial charge >= 0.3 is 0 Å². The fraction of sp³-hybridized carbons (Fsp3) is 0.857. The Morgan fingerprint density at radius 3 is 2.50 bits per heavy atom. The summed E-state index contributed by atoms with van der Waals surface area (Å²) in [6.45, 7) is 0.204. The summed E-state index contributed by atoms with van der Waals surface area (Å²) >= 11 is 0. The Hall–Kier alpha value is -0.650. The van der Waals surface area contributed by atoms with Crippen molar-refractivity contribution < 1.29 is 19.4 Å². The number of methoxy groups -OCH3 is 2. The molecule has 5 nitrogen and oxygen atoms in total. The Kier molecular flexibility index (Phi) is 6.64. The van der Waals surface area contributed by atoms with E-state index in [1.165, 1.54) is 14.2 Å². The third-order valence-electron chi connectivity index (χ3n) is 1.31. The van der Waals surface area contributed by atoms with Crippen LogP contribution < -0.4 is 5.32 Å². The Balaban J connectivity index is 3.52. The summed E-state index contributed by atoms with van der Waals surface area (Å²) in [5.41, 5.74) is 0. The minimum absolute atomic E-state index is 0.0592. The van der Waals surface area contributed by atoms with Gasteiger partial charge in [-0.25, -0.2) is 0 Å². The van der Waals surface area contributed by atoms with Gasteiger partial charge in [-0.05, 0) is 0 Å². The molecule has 0 aliphatic rings. The molecule has 0 aromatic carbocycles. The summed E-state index contributed by atoms with van der Waals surface area (Å²) < 4.78 is 9.61. The first kappa shape index (κ1) is 11.4. The predicted octanol–water partition coefficient (Wildman–Crippen LogP) is -0.896. The molecule has 2 N–H and O–H groups in total. The first-order valence-electron chi connectivity index (χ1n) is 3.67. The van der Waals surface area contributed by atoms with Crippen LogP contribution >= 0.6 is 0 Å². The quantitative estimate of drug-likeness (QED) is 0.516. The number of amides is 1. The molecule has 12 heavy (non-hydrogen) atoms. The highest BCUT2D eigenvalue weighted by molar-refractivity contribution is 5.76. The van der Waals surface area contributed by atoms with Crippen molar-refractivity contribution in [2.45, 2.75) is 12.7 Å². The Labute approximate surface area is 71.7 Å². The molecule has 0 aromatic rings. The fourth-order valence-corrected chi connectivity index (χ4v) is 0.682. The van der Waals surface area contributed by atoms with Gasteiger partial charge < -0.3 is 19.9 Å². The second kappa shape index (κ2) is 7.02. The lowest BCUT2D eigenvalue weighted by Gasteiger charge is -2.12. The van der Waals surface area contributed by atoms with Crippen LogP contribution in [-0.4, -0.2) is 44.7 Å². The minimum Gasteiger partial charge on any atom is -0.395 e. The molecular formula is C7H15NO4. The number of aliphatic hydroxyl groups is 1. The van der Waals surface area contributed by atoms with Crippen LogP contribution in [0, 0.1) is 0 Å². The number of aliphatic hydroxyl groups excluding tert-OH is 1. The first-order chi connectivity index (χ1) is 5.74. The summed E-state index contributed by atoms with van der Waals surface area (Å²) in [5, 5.41) is 10.9. The zero-order chi connectivity index (χ0) is 9.40. The molecule has 0 rings (SSSR count). The SMILES string of the molecule is COC(CC(=O)NCCO)OC. The molecular weight excluding hydrogens is 162 g/mol. The lowest BCUT2D eigenvalue weighted by Crippen LogP contribution is -2.30. The monoisotopic (exact) mass is 177 g/mol. The Bertz CT molecular complexity index is 125. The van der Waals surface area contributed by atoms with Crippen molar-refractivity contribution in [3.05, 3.63) is 0 Å². The van der Waals surface area contributed by atoms with Crippen molar-refractivity contribution in [3.8, 4) is 0 Å². The molecule has 0 aliphatic carbocycles. The van der Waals surface area contributed by atoms with Crippen molar-refractivity contribution >= 4 is 5.91 Å². The average molecular weight is 177 g/mol. The largest absolute Gasteiger partial charge is 0.395 e. The van der Waals surface area contributed by atoms with Crippen LogP contribution in [0.4, 0.5) is 0 Å². The van der Waals surface area contributed by atoms with E-state index in [0.29, 0.717) is 0 Å². The van der Waals surface area contributed by atoms with E-state index in [1.54, 1.807) is 0 Å². The molecule has 0 aromatic heterocycles. The minimum atomic E-state index is -0.510. The van der Waals surface area contributed by atoms with Crippen LogP contribution in [0.1, 0.15) is 6.42 Å². The molecule has 72 valence electrons. The van der Waals surface area contributed by atoms with E-state index in [9.17, 15) is 4.79 Å². The standard InChI is InChI=1S/C7H15NO4/c1-11-7(12-2)5-6(10)8-3-4-9/h7,9H,3-5H2,1-2H3,(H,8,10). The van der Waals surface area contributed by atoms with Gasteiger partial charge in [-0.2, -0.15) is 0 Å². The predicted molar refractivity (Wildman–Crippen MR) is 42.5 cm³/mol. The summed E-state index contributed by atoms with van der Waals surface area (Å²) in [6, 6.07) is 0. The number of ether oxygens (including phenoxy) is 2. The maximum absolute atomic E-state index is 10.9. The Morgan fingerprint density at radius 1 is 1.50 bits per heavy atom. The van der Waals surface area contributed by atoms with Crippen molar-refractivity contribution in [2.24, 2.45) is 0 Å². The van der Waals surface area contributed by atoms with E-state index >= 15 is 0 Å². The molecule has 0 saturated carbocycles. The molecule has 0 bridgehead atoms. The maximum atomic E-state index is 10.9. The van der Waals surface area contributed by atoms with Gasteiger partial charge in [-0.1, -0.05) is 0 Å². The van der Waals surface area contributed by atoms with Gasteiger partial charge in [0.25, 0.3) is 0 Å². The van der Waals surface area contributed by atoms with Gasteiger partial charge in [0.1, 0.15) is 0 Å². The number of carbonyl (C=O) groups excluding carboxylic acids is 1. The van der Waals surface area contributed by atoms with Crippen molar-refractivity contribution in [3.63, 3.8) is 0 Å². The zero-order valence-electron chi connectivity index (χ0n) is 7.37. The maximum Gasteiger partial charge on any atom is 0.225 e. The summed E-state index contributed by atoms with van der Waals surface area (Å²) in [6.07, 6.45) is -0.365. The van der Waals surface area contributed by atoms with Crippen LogP contribution in [-0.2, 0) is 14.3 Å². The average Bonchev–Trinajstić information content (AvgIpc) is 2.10. The molecule has 0 atom stereocenters. The van der Waals surface area contributed by atoms with Crippen LogP contribution in [0.5, 0.6) is 0 Å². The van der Waals surface area contributed by atoms with Crippen molar-refractivity contribution in [2.75, 3.05) is 27.4 Å². The molecule has 0 radical (unpaired) electrons. The van der Waals surface area contributed by atoms with Crippen LogP contribution in [0.2, 0.25) is 0 Å². The zero-order valence-corrected chi connectivity index (χ0v) is 7.37. The molecule has 0 spiro atoms. The molecule has 1 amide bonds. The number of hydrogen-bond donors (Lipinski definition) is 2. The molecule has 0 unspecified atom stereocenters. The van der Waals surface area contributed by atoms with E-state index in [0.717, 1.165) is 0 Å². The lowest BCUT2D eigenvalue weighted by molar-refractivity contribution is -0.139. The van der Waals surface area contributed by atoms with Crippen molar-refractivity contribution in [1.29, 1.82) is 0 Å². The normalized spacial score (nSPS) is 10.3. The van der Waals surface area contributed by atoms with Crippen molar-refractivity contribution in [1.82, 2.24) is 5.32 Å². The summed E-state index contributed by atoms with van der Waals surface area (Å²) in [4.78, 5) is 10.9. The lowest BCUT2D eigenvalue weighted by atomic mass is 10.4. The number of rotatable bonds is 6. The van der Waals surface area contributed by atoms with Gasteiger partial charge in [0.05, 0.1) is 13.0 Å². The first-order valence-corrected chi connectivity index (χ1v) is 3.67. The topological polar surface area (TPSA) is 67.8 Å². The smallest absolute Gasteiger partial charge is 0.225 e. The van der Waals surface area contributed by atoms with Gasteiger partial charge in [0, 0.05) is 20.8 Å². The molecule has 0 aliphatic heterocycles. The van der Waals surface area contributed by atoms with E-state index in [4.69, 9.17) is 14.6 Å². The van der Waals surface area contributed by atoms with Gasteiger partial charge in [-0.15, -0.1) is 0 Å². The highest BCUT2D eigenvalue weighted by Crippen LogP contribution is 1.96. The van der Waals surface area contributed by atoms with Crippen LogP contribution in [0.25, 0.3) is 0 Å².